The van der Waals surface area contributed by atoms with Gasteiger partial charge in [0.2, 0.25) is 5.95 Å². The van der Waals surface area contributed by atoms with E-state index < -0.39 is 0 Å². The maximum Gasteiger partial charge on any atom is 0.235 e. The quantitative estimate of drug-likeness (QED) is 0.169. The zero-order valence-corrected chi connectivity index (χ0v) is 31.8. The molecule has 0 fully saturated rings. The lowest BCUT2D eigenvalue weighted by molar-refractivity contribution is 1.02. The molecule has 0 atom stereocenters. The van der Waals surface area contributed by atoms with Crippen molar-refractivity contribution in [2.24, 2.45) is 0 Å². The molecule has 0 amide bonds. The summed E-state index contributed by atoms with van der Waals surface area (Å²) in [6.07, 6.45) is 0. The average molecular weight is 734 g/mol. The van der Waals surface area contributed by atoms with Crippen LogP contribution in [0.5, 0.6) is 0 Å². The SMILES string of the molecule is CC.c1ccc(-c2nc(-n3c4ccc5ccccc5c4c4cccc(-c5ccc6c(c5)sc5ccc7ccccc7c56)c43)nc3c2ccc2ccccc23)cc1. The van der Waals surface area contributed by atoms with E-state index in [-0.39, 0.29) is 0 Å². The molecule has 0 aliphatic heterocycles. The molecule has 12 rings (SSSR count). The Kier molecular flexibility index (Phi) is 7.48. The fraction of sp³-hybridized carbons (Fsp3) is 0.0385. The van der Waals surface area contributed by atoms with E-state index in [0.29, 0.717) is 5.95 Å². The Morgan fingerprint density at radius 3 is 1.84 bits per heavy atom. The van der Waals surface area contributed by atoms with Crippen LogP contribution in [0.25, 0.3) is 114 Å². The molecule has 12 aromatic rings. The number of nitrogens with zero attached hydrogens (tertiary/aromatic N) is 3. The van der Waals surface area contributed by atoms with Gasteiger partial charge in [-0.25, -0.2) is 9.97 Å². The fourth-order valence-corrected chi connectivity index (χ4v) is 9.92. The third-order valence-electron chi connectivity index (χ3n) is 11.2. The molecule has 0 saturated carbocycles. The van der Waals surface area contributed by atoms with Gasteiger partial charge in [0.05, 0.1) is 22.2 Å². The number of hydrogen-bond donors (Lipinski definition) is 0. The van der Waals surface area contributed by atoms with Gasteiger partial charge in [0, 0.05) is 52.8 Å². The minimum atomic E-state index is 0.662. The fourth-order valence-electron chi connectivity index (χ4n) is 8.76. The first kappa shape index (κ1) is 32.5. The molecule has 0 bridgehead atoms. The van der Waals surface area contributed by atoms with Gasteiger partial charge in [0.1, 0.15) is 0 Å². The number of fused-ring (bicyclic) bond motifs is 13. The predicted molar refractivity (Wildman–Crippen MR) is 242 cm³/mol. The van der Waals surface area contributed by atoms with Crippen LogP contribution in [0.1, 0.15) is 13.8 Å². The summed E-state index contributed by atoms with van der Waals surface area (Å²) in [5.74, 6) is 0.662. The van der Waals surface area contributed by atoms with Crippen molar-refractivity contribution in [3.63, 3.8) is 0 Å². The van der Waals surface area contributed by atoms with Crippen molar-refractivity contribution in [3.8, 4) is 28.3 Å². The summed E-state index contributed by atoms with van der Waals surface area (Å²) in [5.41, 5.74) is 7.46. The van der Waals surface area contributed by atoms with Gasteiger partial charge in [-0.3, -0.25) is 4.57 Å². The summed E-state index contributed by atoms with van der Waals surface area (Å²) in [5, 5.41) is 13.4. The van der Waals surface area contributed by atoms with Crippen LogP contribution in [-0.2, 0) is 0 Å². The minimum absolute atomic E-state index is 0.662. The summed E-state index contributed by atoms with van der Waals surface area (Å²) in [6.45, 7) is 4.00. The summed E-state index contributed by atoms with van der Waals surface area (Å²) >= 11 is 1.87. The number of aromatic nitrogens is 3. The van der Waals surface area contributed by atoms with Crippen molar-refractivity contribution in [3.05, 3.63) is 176 Å². The smallest absolute Gasteiger partial charge is 0.235 e. The average Bonchev–Trinajstić information content (AvgIpc) is 3.83. The minimum Gasteiger partial charge on any atom is -0.277 e. The summed E-state index contributed by atoms with van der Waals surface area (Å²) in [6, 6.07) is 63.6. The van der Waals surface area contributed by atoms with Crippen LogP contribution in [-0.4, -0.2) is 14.5 Å². The van der Waals surface area contributed by atoms with Gasteiger partial charge in [-0.05, 0) is 56.8 Å². The zero-order valence-electron chi connectivity index (χ0n) is 31.0. The van der Waals surface area contributed by atoms with Crippen LogP contribution in [0, 0.1) is 0 Å². The van der Waals surface area contributed by atoms with Crippen LogP contribution < -0.4 is 0 Å². The first-order chi connectivity index (χ1) is 27.8. The molecule has 3 aromatic heterocycles. The van der Waals surface area contributed by atoms with E-state index in [4.69, 9.17) is 9.97 Å². The van der Waals surface area contributed by atoms with E-state index >= 15 is 0 Å². The zero-order chi connectivity index (χ0) is 37.3. The molecule has 9 aromatic carbocycles. The van der Waals surface area contributed by atoms with Crippen molar-refractivity contribution in [1.29, 1.82) is 0 Å². The van der Waals surface area contributed by atoms with E-state index in [0.717, 1.165) is 49.5 Å². The standard InChI is InChI=1S/C50H29N3S.C2H6/c1-2-14-33(15-3-1)47-41-26-21-32-13-6-9-18-37(32)48(41)52-50(51-47)53-42-27-23-30-11-4-7-16-35(30)45(42)40-20-10-19-38(49(40)53)34-22-25-39-44(29-34)54-43-28-24-31-12-5-8-17-36(31)46(39)43;1-2/h1-29H;1-2H3. The Morgan fingerprint density at radius 2 is 1.05 bits per heavy atom. The van der Waals surface area contributed by atoms with Gasteiger partial charge >= 0.3 is 0 Å². The predicted octanol–water partition coefficient (Wildman–Crippen LogP) is 14.9. The maximum atomic E-state index is 5.51. The molecule has 0 aliphatic rings. The molecule has 0 spiro atoms. The Morgan fingerprint density at radius 1 is 0.429 bits per heavy atom. The van der Waals surface area contributed by atoms with Gasteiger partial charge in [-0.1, -0.05) is 166 Å². The van der Waals surface area contributed by atoms with Crippen LogP contribution in [0.15, 0.2) is 176 Å². The van der Waals surface area contributed by atoms with Crippen molar-refractivity contribution in [2.75, 3.05) is 0 Å². The molecule has 0 radical (unpaired) electrons. The topological polar surface area (TPSA) is 30.7 Å². The maximum absolute atomic E-state index is 5.51. The molecular formula is C52H35N3S. The van der Waals surface area contributed by atoms with Gasteiger partial charge in [-0.15, -0.1) is 11.3 Å². The molecule has 3 nitrogen and oxygen atoms in total. The van der Waals surface area contributed by atoms with E-state index in [1.165, 1.54) is 58.1 Å². The van der Waals surface area contributed by atoms with E-state index in [1.807, 2.05) is 25.2 Å². The second kappa shape index (κ2) is 12.9. The van der Waals surface area contributed by atoms with Gasteiger partial charge < -0.3 is 0 Å². The van der Waals surface area contributed by atoms with Gasteiger partial charge in [0.15, 0.2) is 0 Å². The first-order valence-electron chi connectivity index (χ1n) is 19.3. The van der Waals surface area contributed by atoms with Gasteiger partial charge in [-0.2, -0.15) is 0 Å². The molecule has 56 heavy (non-hydrogen) atoms. The molecule has 0 saturated heterocycles. The van der Waals surface area contributed by atoms with E-state index in [9.17, 15) is 0 Å². The summed E-state index contributed by atoms with van der Waals surface area (Å²) in [7, 11) is 0. The van der Waals surface area contributed by atoms with Crippen molar-refractivity contribution >= 4 is 96.5 Å². The summed E-state index contributed by atoms with van der Waals surface area (Å²) < 4.78 is 4.91. The van der Waals surface area contributed by atoms with Crippen molar-refractivity contribution in [2.45, 2.75) is 13.8 Å². The van der Waals surface area contributed by atoms with Crippen molar-refractivity contribution in [1.82, 2.24) is 14.5 Å². The highest BCUT2D eigenvalue weighted by Crippen LogP contribution is 2.44. The number of hydrogen-bond acceptors (Lipinski definition) is 3. The number of rotatable bonds is 3. The Balaban J connectivity index is 0.00000179. The van der Waals surface area contributed by atoms with E-state index in [2.05, 4.69) is 180 Å². The monoisotopic (exact) mass is 733 g/mol. The lowest BCUT2D eigenvalue weighted by Crippen LogP contribution is -2.04. The second-order valence-electron chi connectivity index (χ2n) is 14.1. The number of thiophene rings is 1. The third kappa shape index (κ3) is 4.83. The molecule has 264 valence electrons. The lowest BCUT2D eigenvalue weighted by atomic mass is 9.98. The molecule has 3 heterocycles. The Bertz CT molecular complexity index is 3500. The second-order valence-corrected chi connectivity index (χ2v) is 15.2. The Labute approximate surface area is 327 Å². The molecule has 4 heteroatoms. The van der Waals surface area contributed by atoms with Gasteiger partial charge in [0.25, 0.3) is 0 Å². The molecule has 0 N–H and O–H groups in total. The molecule has 0 unspecified atom stereocenters. The number of benzene rings is 9. The third-order valence-corrected chi connectivity index (χ3v) is 12.3. The number of para-hydroxylation sites is 1. The first-order valence-corrected chi connectivity index (χ1v) is 20.1. The molecular weight excluding hydrogens is 699 g/mol. The van der Waals surface area contributed by atoms with Crippen LogP contribution in [0.2, 0.25) is 0 Å². The highest BCUT2D eigenvalue weighted by atomic mass is 32.1. The van der Waals surface area contributed by atoms with Crippen LogP contribution in [0.3, 0.4) is 0 Å². The highest BCUT2D eigenvalue weighted by molar-refractivity contribution is 7.26. The van der Waals surface area contributed by atoms with E-state index in [1.54, 1.807) is 0 Å². The largest absolute Gasteiger partial charge is 0.277 e. The van der Waals surface area contributed by atoms with Crippen LogP contribution in [0.4, 0.5) is 0 Å². The lowest BCUT2D eigenvalue weighted by Gasteiger charge is -2.15. The van der Waals surface area contributed by atoms with Crippen LogP contribution >= 0.6 is 11.3 Å². The Hall–Kier alpha value is -6.88. The normalized spacial score (nSPS) is 11.8. The molecule has 0 aliphatic carbocycles. The summed E-state index contributed by atoms with van der Waals surface area (Å²) in [4.78, 5) is 11.0. The highest BCUT2D eigenvalue weighted by Gasteiger charge is 2.22. The van der Waals surface area contributed by atoms with Crippen molar-refractivity contribution < 1.29 is 0 Å².